The summed E-state index contributed by atoms with van der Waals surface area (Å²) in [7, 11) is 0. The number of hydrogen-bond acceptors (Lipinski definition) is 3. The maximum absolute atomic E-state index is 12.1. The monoisotopic (exact) mass is 311 g/mol. The van der Waals surface area contributed by atoms with Gasteiger partial charge in [-0.15, -0.1) is 0 Å². The molecule has 1 aromatic rings. The Kier molecular flexibility index (Phi) is 3.88. The van der Waals surface area contributed by atoms with Crippen LogP contribution in [0, 0.1) is 11.8 Å². The van der Waals surface area contributed by atoms with Crippen molar-refractivity contribution in [1.82, 2.24) is 15.6 Å². The van der Waals surface area contributed by atoms with Gasteiger partial charge in [0.05, 0.1) is 0 Å². The lowest BCUT2D eigenvalue weighted by Gasteiger charge is -2.39. The molecule has 0 radical (unpaired) electrons. The van der Waals surface area contributed by atoms with E-state index >= 15 is 0 Å². The first-order valence-electron chi connectivity index (χ1n) is 7.41. The van der Waals surface area contributed by atoms with Crippen molar-refractivity contribution >= 4 is 6.03 Å². The zero-order chi connectivity index (χ0) is 15.7. The van der Waals surface area contributed by atoms with Crippen molar-refractivity contribution in [3.63, 3.8) is 0 Å². The van der Waals surface area contributed by atoms with Crippen LogP contribution in [0.2, 0.25) is 0 Å². The van der Waals surface area contributed by atoms with Crippen LogP contribution in [0.15, 0.2) is 18.3 Å². The van der Waals surface area contributed by atoms with Gasteiger partial charge in [0.15, 0.2) is 0 Å². The highest BCUT2D eigenvalue weighted by molar-refractivity contribution is 5.75. The molecule has 3 fully saturated rings. The average molecular weight is 311 g/mol. The summed E-state index contributed by atoms with van der Waals surface area (Å²) in [6, 6.07) is 2.82. The molecule has 2 bridgehead atoms. The van der Waals surface area contributed by atoms with E-state index in [-0.39, 0.29) is 24.0 Å². The van der Waals surface area contributed by atoms with Gasteiger partial charge in [-0.3, -0.25) is 0 Å². The van der Waals surface area contributed by atoms with E-state index in [2.05, 4.69) is 27.3 Å². The molecule has 1 unspecified atom stereocenters. The zero-order valence-corrected chi connectivity index (χ0v) is 12.3. The predicted octanol–water partition coefficient (Wildman–Crippen LogP) is 2.67. The van der Waals surface area contributed by atoms with Gasteiger partial charge < -0.3 is 15.4 Å². The Morgan fingerprint density at radius 1 is 1.50 bits per heavy atom. The molecule has 2 amide bonds. The first kappa shape index (κ1) is 15.0. The number of amides is 2. The maximum atomic E-state index is 12.1. The Morgan fingerprint density at radius 2 is 2.27 bits per heavy atom. The topological polar surface area (TPSA) is 63.2 Å². The highest BCUT2D eigenvalue weighted by Gasteiger charge is 2.54. The number of carbonyl (C=O) groups excluding carboxylic acids is 1. The number of nitrogens with zero attached hydrogens (tertiary/aromatic N) is 1. The summed E-state index contributed by atoms with van der Waals surface area (Å²) < 4.78 is 28.5. The second-order valence-corrected chi connectivity index (χ2v) is 6.32. The lowest BCUT2D eigenvalue weighted by Crippen LogP contribution is -2.54. The third-order valence-corrected chi connectivity index (χ3v) is 4.66. The molecule has 5 nitrogen and oxygen atoms in total. The van der Waals surface area contributed by atoms with Gasteiger partial charge >= 0.3 is 12.6 Å². The average Bonchev–Trinajstić information content (AvgIpc) is 2.87. The predicted molar refractivity (Wildman–Crippen MR) is 75.5 cm³/mol. The molecule has 4 rings (SSSR count). The number of nitrogens with one attached hydrogen (secondary N) is 2. The number of rotatable bonds is 5. The molecular formula is C15H19F2N3O2. The minimum atomic E-state index is -2.91. The number of alkyl halides is 2. The zero-order valence-electron chi connectivity index (χ0n) is 12.3. The normalized spacial score (nSPS) is 29.1. The number of pyridine rings is 1. The molecule has 3 aliphatic carbocycles. The quantitative estimate of drug-likeness (QED) is 0.879. The van der Waals surface area contributed by atoms with Crippen molar-refractivity contribution in [2.45, 2.75) is 44.9 Å². The Balaban J connectivity index is 1.49. The molecule has 0 saturated heterocycles. The van der Waals surface area contributed by atoms with Crippen LogP contribution in [-0.2, 0) is 6.54 Å². The van der Waals surface area contributed by atoms with Crippen LogP contribution in [0.3, 0.4) is 0 Å². The van der Waals surface area contributed by atoms with E-state index in [1.54, 1.807) is 6.07 Å². The van der Waals surface area contributed by atoms with Gasteiger partial charge in [-0.05, 0) is 42.7 Å². The van der Waals surface area contributed by atoms with Crippen molar-refractivity contribution in [1.29, 1.82) is 0 Å². The van der Waals surface area contributed by atoms with E-state index in [4.69, 9.17) is 0 Å². The Labute approximate surface area is 127 Å². The SMILES string of the molecule is CC1CC2(NC(=O)NCc3ccnc(OC(F)F)c3)CC1C2. The van der Waals surface area contributed by atoms with Gasteiger partial charge in [0.25, 0.3) is 0 Å². The van der Waals surface area contributed by atoms with Crippen molar-refractivity contribution in [2.24, 2.45) is 11.8 Å². The third kappa shape index (κ3) is 3.13. The number of urea groups is 1. The number of carbonyl (C=O) groups is 1. The van der Waals surface area contributed by atoms with Gasteiger partial charge in [-0.1, -0.05) is 6.92 Å². The van der Waals surface area contributed by atoms with Crippen LogP contribution < -0.4 is 15.4 Å². The van der Waals surface area contributed by atoms with Gasteiger partial charge in [0, 0.05) is 24.3 Å². The lowest BCUT2D eigenvalue weighted by molar-refractivity contribution is -0.0529. The smallest absolute Gasteiger partial charge is 0.388 e. The molecule has 22 heavy (non-hydrogen) atoms. The Bertz CT molecular complexity index is 561. The molecule has 2 N–H and O–H groups in total. The van der Waals surface area contributed by atoms with E-state index in [0.717, 1.165) is 25.2 Å². The first-order valence-corrected chi connectivity index (χ1v) is 7.41. The maximum Gasteiger partial charge on any atom is 0.388 e. The van der Waals surface area contributed by atoms with Crippen molar-refractivity contribution in [2.75, 3.05) is 0 Å². The fourth-order valence-corrected chi connectivity index (χ4v) is 3.63. The summed E-state index contributed by atoms with van der Waals surface area (Å²) >= 11 is 0. The van der Waals surface area contributed by atoms with Crippen LogP contribution in [0.1, 0.15) is 31.7 Å². The van der Waals surface area contributed by atoms with Crippen LogP contribution >= 0.6 is 0 Å². The van der Waals surface area contributed by atoms with Gasteiger partial charge in [0.1, 0.15) is 0 Å². The summed E-state index contributed by atoms with van der Waals surface area (Å²) in [5.41, 5.74) is 0.626. The molecular weight excluding hydrogens is 292 g/mol. The number of ether oxygens (including phenoxy) is 1. The summed E-state index contributed by atoms with van der Waals surface area (Å²) in [6.45, 7) is -0.446. The van der Waals surface area contributed by atoms with E-state index in [9.17, 15) is 13.6 Å². The van der Waals surface area contributed by atoms with Gasteiger partial charge in [-0.2, -0.15) is 8.78 Å². The molecule has 0 aromatic carbocycles. The summed E-state index contributed by atoms with van der Waals surface area (Å²) in [6.07, 6.45) is 4.53. The van der Waals surface area contributed by atoms with Crippen molar-refractivity contribution in [3.8, 4) is 5.88 Å². The fourth-order valence-electron chi connectivity index (χ4n) is 3.63. The van der Waals surface area contributed by atoms with Gasteiger partial charge in [-0.25, -0.2) is 9.78 Å². The van der Waals surface area contributed by atoms with Gasteiger partial charge in [0.2, 0.25) is 5.88 Å². The van der Waals surface area contributed by atoms with Crippen molar-refractivity contribution < 1.29 is 18.3 Å². The number of aromatic nitrogens is 1. The largest absolute Gasteiger partial charge is 0.417 e. The van der Waals surface area contributed by atoms with Crippen LogP contribution in [-0.4, -0.2) is 23.2 Å². The fraction of sp³-hybridized carbons (Fsp3) is 0.600. The molecule has 1 heterocycles. The first-order chi connectivity index (χ1) is 10.5. The summed E-state index contributed by atoms with van der Waals surface area (Å²) in [4.78, 5) is 15.7. The molecule has 7 heteroatoms. The third-order valence-electron chi connectivity index (χ3n) is 4.66. The highest BCUT2D eigenvalue weighted by Crippen LogP contribution is 2.55. The Hall–Kier alpha value is -1.92. The minimum absolute atomic E-state index is 0.0314. The second kappa shape index (κ2) is 5.70. The molecule has 120 valence electrons. The number of hydrogen-bond donors (Lipinski definition) is 2. The highest BCUT2D eigenvalue weighted by atomic mass is 19.3. The molecule has 1 aromatic heterocycles. The van der Waals surface area contributed by atoms with Crippen LogP contribution in [0.5, 0.6) is 5.88 Å². The summed E-state index contributed by atoms with van der Waals surface area (Å²) in [5.74, 6) is 1.27. The van der Waals surface area contributed by atoms with E-state index in [1.807, 2.05) is 0 Å². The number of halogens is 2. The molecule has 0 aliphatic heterocycles. The van der Waals surface area contributed by atoms with Crippen LogP contribution in [0.25, 0.3) is 0 Å². The molecule has 0 spiro atoms. The molecule has 3 aliphatic rings. The van der Waals surface area contributed by atoms with Crippen molar-refractivity contribution in [3.05, 3.63) is 23.9 Å². The number of fused-ring (bicyclic) bond motifs is 1. The minimum Gasteiger partial charge on any atom is -0.417 e. The lowest BCUT2D eigenvalue weighted by atomic mass is 9.76. The summed E-state index contributed by atoms with van der Waals surface area (Å²) in [5, 5.41) is 5.80. The van der Waals surface area contributed by atoms with E-state index in [1.165, 1.54) is 12.3 Å². The molecule has 3 saturated carbocycles. The second-order valence-electron chi connectivity index (χ2n) is 6.32. The molecule has 1 atom stereocenters. The van der Waals surface area contributed by atoms with Crippen LogP contribution in [0.4, 0.5) is 13.6 Å². The standard InChI is InChI=1S/C15H19F2N3O2/c1-9-5-15(6-11(9)7-15)20-14(21)19-8-10-2-3-18-12(4-10)22-13(16)17/h2-4,9,11,13H,5-8H2,1H3,(H2,19,20,21). The van der Waals surface area contributed by atoms with E-state index < -0.39 is 6.61 Å². The van der Waals surface area contributed by atoms with E-state index in [0.29, 0.717) is 11.5 Å². The Morgan fingerprint density at radius 3 is 2.91 bits per heavy atom.